The van der Waals surface area contributed by atoms with Crippen LogP contribution in [0.5, 0.6) is 0 Å². The molecule has 1 saturated carbocycles. The Hall–Kier alpha value is -1.98. The van der Waals surface area contributed by atoms with Gasteiger partial charge in [-0.05, 0) is 52.4 Å². The maximum absolute atomic E-state index is 12.6. The number of carbonyl (C=O) groups excluding carboxylic acids is 2. The number of carbonyl (C=O) groups is 2. The minimum Gasteiger partial charge on any atom is -0.342 e. The van der Waals surface area contributed by atoms with Crippen molar-refractivity contribution in [1.82, 2.24) is 19.8 Å². The number of aromatic nitrogens is 2. The molecule has 6 heteroatoms. The fourth-order valence-corrected chi connectivity index (χ4v) is 4.73. The lowest BCUT2D eigenvalue weighted by Crippen LogP contribution is -2.44. The first-order valence-electron chi connectivity index (χ1n) is 10.9. The van der Waals surface area contributed by atoms with E-state index in [1.165, 1.54) is 6.42 Å². The summed E-state index contributed by atoms with van der Waals surface area (Å²) in [6.07, 6.45) is 7.94. The zero-order chi connectivity index (χ0) is 19.7. The highest BCUT2D eigenvalue weighted by Crippen LogP contribution is 2.32. The molecule has 1 aromatic heterocycles. The third kappa shape index (κ3) is 3.91. The van der Waals surface area contributed by atoms with E-state index >= 15 is 0 Å². The van der Waals surface area contributed by atoms with Crippen LogP contribution in [0, 0.1) is 19.8 Å². The Bertz CT molecular complexity index is 730. The molecular formula is C22H32N4O2. The van der Waals surface area contributed by atoms with Gasteiger partial charge < -0.3 is 9.80 Å². The van der Waals surface area contributed by atoms with Gasteiger partial charge in [0.2, 0.25) is 11.8 Å². The van der Waals surface area contributed by atoms with Crippen LogP contribution in [0.15, 0.2) is 0 Å². The molecule has 0 N–H and O–H groups in total. The molecule has 0 aromatic carbocycles. The third-order valence-corrected chi connectivity index (χ3v) is 6.78. The normalized spacial score (nSPS) is 23.0. The molecule has 28 heavy (non-hydrogen) atoms. The Morgan fingerprint density at radius 3 is 2.14 bits per heavy atom. The molecule has 0 spiro atoms. The van der Waals surface area contributed by atoms with Crippen LogP contribution in [0.4, 0.5) is 0 Å². The van der Waals surface area contributed by atoms with Crippen LogP contribution < -0.4 is 0 Å². The molecule has 1 aromatic rings. The van der Waals surface area contributed by atoms with E-state index in [1.54, 1.807) is 0 Å². The molecule has 0 radical (unpaired) electrons. The van der Waals surface area contributed by atoms with Crippen LogP contribution >= 0.6 is 0 Å². The maximum Gasteiger partial charge on any atom is 0.227 e. The molecule has 1 aliphatic carbocycles. The van der Waals surface area contributed by atoms with Gasteiger partial charge in [-0.1, -0.05) is 6.42 Å². The van der Waals surface area contributed by atoms with Crippen molar-refractivity contribution in [2.75, 3.05) is 26.2 Å². The second-order valence-corrected chi connectivity index (χ2v) is 8.75. The van der Waals surface area contributed by atoms with Crippen molar-refractivity contribution in [3.63, 3.8) is 0 Å². The molecule has 4 rings (SSSR count). The molecule has 0 unspecified atom stereocenters. The van der Waals surface area contributed by atoms with Gasteiger partial charge >= 0.3 is 0 Å². The number of rotatable bonds is 4. The zero-order valence-corrected chi connectivity index (χ0v) is 17.2. The minimum atomic E-state index is 0.190. The second-order valence-electron chi connectivity index (χ2n) is 8.75. The molecule has 2 aliphatic heterocycles. The van der Waals surface area contributed by atoms with Crippen molar-refractivity contribution in [2.45, 2.75) is 71.1 Å². The standard InChI is InChI=1S/C22H32N4O2/c1-15-19(13-20(27)25-10-3-4-11-25)16(2)24-21(23-15)18-9-6-12-26(14-18)22(28)17-7-5-8-17/h17-18H,3-14H2,1-2H3/t18-/m0/s1. The van der Waals surface area contributed by atoms with Gasteiger partial charge in [0.05, 0.1) is 6.42 Å². The molecule has 2 amide bonds. The highest BCUT2D eigenvalue weighted by molar-refractivity contribution is 5.80. The molecule has 6 nitrogen and oxygen atoms in total. The summed E-state index contributed by atoms with van der Waals surface area (Å²) in [5.74, 6) is 1.83. The van der Waals surface area contributed by atoms with Crippen LogP contribution in [0.3, 0.4) is 0 Å². The van der Waals surface area contributed by atoms with Crippen LogP contribution in [0.2, 0.25) is 0 Å². The minimum absolute atomic E-state index is 0.190. The first-order valence-corrected chi connectivity index (χ1v) is 10.9. The molecule has 3 aliphatic rings. The Morgan fingerprint density at radius 1 is 0.893 bits per heavy atom. The summed E-state index contributed by atoms with van der Waals surface area (Å²) in [6, 6.07) is 0. The molecule has 3 fully saturated rings. The summed E-state index contributed by atoms with van der Waals surface area (Å²) in [7, 11) is 0. The summed E-state index contributed by atoms with van der Waals surface area (Å²) < 4.78 is 0. The maximum atomic E-state index is 12.6. The van der Waals surface area contributed by atoms with E-state index < -0.39 is 0 Å². The Morgan fingerprint density at radius 2 is 1.54 bits per heavy atom. The average molecular weight is 385 g/mol. The van der Waals surface area contributed by atoms with E-state index in [2.05, 4.69) is 0 Å². The van der Waals surface area contributed by atoms with Crippen LogP contribution in [-0.2, 0) is 16.0 Å². The summed E-state index contributed by atoms with van der Waals surface area (Å²) in [4.78, 5) is 38.8. The Balaban J connectivity index is 1.46. The lowest BCUT2D eigenvalue weighted by molar-refractivity contribution is -0.139. The summed E-state index contributed by atoms with van der Waals surface area (Å²) in [5.41, 5.74) is 2.80. The second kappa shape index (κ2) is 8.18. The zero-order valence-electron chi connectivity index (χ0n) is 17.2. The lowest BCUT2D eigenvalue weighted by atomic mass is 9.83. The van der Waals surface area contributed by atoms with Gasteiger partial charge in [0.1, 0.15) is 5.82 Å². The SMILES string of the molecule is Cc1nc([C@H]2CCCN(C(=O)C3CCC3)C2)nc(C)c1CC(=O)N1CCCC1. The first-order chi connectivity index (χ1) is 13.5. The van der Waals surface area contributed by atoms with Gasteiger partial charge in [0.15, 0.2) is 0 Å². The third-order valence-electron chi connectivity index (χ3n) is 6.78. The number of amides is 2. The fraction of sp³-hybridized carbons (Fsp3) is 0.727. The number of nitrogens with zero attached hydrogens (tertiary/aromatic N) is 4. The smallest absolute Gasteiger partial charge is 0.227 e. The lowest BCUT2D eigenvalue weighted by Gasteiger charge is -2.37. The van der Waals surface area contributed by atoms with E-state index in [0.717, 1.165) is 87.5 Å². The van der Waals surface area contributed by atoms with E-state index in [9.17, 15) is 9.59 Å². The van der Waals surface area contributed by atoms with Crippen molar-refractivity contribution in [3.05, 3.63) is 22.8 Å². The number of aryl methyl sites for hydroxylation is 2. The van der Waals surface area contributed by atoms with Crippen molar-refractivity contribution in [3.8, 4) is 0 Å². The molecule has 3 heterocycles. The molecule has 1 atom stereocenters. The number of hydrogen-bond donors (Lipinski definition) is 0. The van der Waals surface area contributed by atoms with Crippen molar-refractivity contribution < 1.29 is 9.59 Å². The monoisotopic (exact) mass is 384 g/mol. The Kier molecular flexibility index (Phi) is 5.65. The number of likely N-dealkylation sites (tertiary alicyclic amines) is 2. The van der Waals surface area contributed by atoms with Gasteiger partial charge in [-0.15, -0.1) is 0 Å². The first kappa shape index (κ1) is 19.3. The topological polar surface area (TPSA) is 66.4 Å². The van der Waals surface area contributed by atoms with E-state index in [-0.39, 0.29) is 17.7 Å². The van der Waals surface area contributed by atoms with Crippen LogP contribution in [-0.4, -0.2) is 57.8 Å². The van der Waals surface area contributed by atoms with Crippen LogP contribution in [0.25, 0.3) is 0 Å². The predicted octanol–water partition coefficient (Wildman–Crippen LogP) is 2.76. The number of piperidine rings is 1. The highest BCUT2D eigenvalue weighted by atomic mass is 16.2. The number of hydrogen-bond acceptors (Lipinski definition) is 4. The van der Waals surface area contributed by atoms with Crippen molar-refractivity contribution >= 4 is 11.8 Å². The molecule has 2 saturated heterocycles. The molecular weight excluding hydrogens is 352 g/mol. The summed E-state index contributed by atoms with van der Waals surface area (Å²) in [6.45, 7) is 7.34. The summed E-state index contributed by atoms with van der Waals surface area (Å²) >= 11 is 0. The largest absolute Gasteiger partial charge is 0.342 e. The van der Waals surface area contributed by atoms with Crippen molar-refractivity contribution in [1.29, 1.82) is 0 Å². The Labute approximate surface area is 167 Å². The fourth-order valence-electron chi connectivity index (χ4n) is 4.73. The predicted molar refractivity (Wildman–Crippen MR) is 107 cm³/mol. The van der Waals surface area contributed by atoms with E-state index in [0.29, 0.717) is 12.3 Å². The summed E-state index contributed by atoms with van der Waals surface area (Å²) in [5, 5.41) is 0. The van der Waals surface area contributed by atoms with Gasteiger partial charge in [-0.3, -0.25) is 9.59 Å². The van der Waals surface area contributed by atoms with Gasteiger partial charge in [-0.25, -0.2) is 9.97 Å². The van der Waals surface area contributed by atoms with E-state index in [1.807, 2.05) is 23.6 Å². The van der Waals surface area contributed by atoms with Crippen molar-refractivity contribution in [2.24, 2.45) is 5.92 Å². The highest BCUT2D eigenvalue weighted by Gasteiger charge is 2.33. The van der Waals surface area contributed by atoms with E-state index in [4.69, 9.17) is 9.97 Å². The quantitative estimate of drug-likeness (QED) is 0.801. The average Bonchev–Trinajstić information content (AvgIpc) is 3.18. The van der Waals surface area contributed by atoms with Gasteiger partial charge in [-0.2, -0.15) is 0 Å². The molecule has 152 valence electrons. The van der Waals surface area contributed by atoms with Gasteiger partial charge in [0.25, 0.3) is 0 Å². The molecule has 0 bridgehead atoms. The van der Waals surface area contributed by atoms with Crippen LogP contribution in [0.1, 0.15) is 73.6 Å². The van der Waals surface area contributed by atoms with Gasteiger partial charge in [0, 0.05) is 55.0 Å².